The van der Waals surface area contributed by atoms with E-state index in [-0.39, 0.29) is 0 Å². The summed E-state index contributed by atoms with van der Waals surface area (Å²) in [5.41, 5.74) is 2.18. The molecular formula is C16H19ClN2O. The molecule has 0 radical (unpaired) electrons. The highest BCUT2D eigenvalue weighted by atomic mass is 35.5. The van der Waals surface area contributed by atoms with Crippen LogP contribution in [-0.4, -0.2) is 31.3 Å². The van der Waals surface area contributed by atoms with Gasteiger partial charge >= 0.3 is 0 Å². The smallest absolute Gasteiger partial charge is 0.129 e. The van der Waals surface area contributed by atoms with E-state index >= 15 is 0 Å². The van der Waals surface area contributed by atoms with Crippen molar-refractivity contribution in [2.45, 2.75) is 24.8 Å². The summed E-state index contributed by atoms with van der Waals surface area (Å²) in [5.74, 6) is 1.55. The van der Waals surface area contributed by atoms with Gasteiger partial charge in [0.2, 0.25) is 0 Å². The Morgan fingerprint density at radius 2 is 2.05 bits per heavy atom. The number of benzene rings is 1. The third-order valence-corrected chi connectivity index (χ3v) is 4.32. The number of para-hydroxylation sites is 1. The van der Waals surface area contributed by atoms with Crippen LogP contribution in [0.3, 0.4) is 0 Å². The maximum Gasteiger partial charge on any atom is 0.129 e. The Bertz CT molecular complexity index is 594. The summed E-state index contributed by atoms with van der Waals surface area (Å²) in [6, 6.07) is 10.3. The van der Waals surface area contributed by atoms with Crippen LogP contribution in [-0.2, 0) is 10.6 Å². The summed E-state index contributed by atoms with van der Waals surface area (Å²) in [4.78, 5) is 7.12. The van der Waals surface area contributed by atoms with Gasteiger partial charge in [-0.15, -0.1) is 11.6 Å². The minimum absolute atomic E-state index is 0.388. The lowest BCUT2D eigenvalue weighted by Gasteiger charge is -2.32. The number of aromatic nitrogens is 1. The molecule has 2 aromatic rings. The first-order chi connectivity index (χ1) is 9.81. The molecule has 0 unspecified atom stereocenters. The number of anilines is 1. The molecule has 0 saturated carbocycles. The van der Waals surface area contributed by atoms with Crippen LogP contribution in [0.4, 0.5) is 5.82 Å². The third kappa shape index (κ3) is 2.60. The number of hydrogen-bond donors (Lipinski definition) is 0. The fraction of sp³-hybridized carbons (Fsp3) is 0.438. The molecule has 1 saturated heterocycles. The van der Waals surface area contributed by atoms with Crippen LogP contribution in [0.1, 0.15) is 18.4 Å². The standard InChI is InChI=1S/C16H19ClN2O/c1-20-13-6-8-19(9-7-13)16-10-12(11-17)14-4-2-3-5-15(14)18-16/h2-5,10,13H,6-9,11H2,1H3. The second kappa shape index (κ2) is 5.98. The van der Waals surface area contributed by atoms with Crippen LogP contribution in [0.25, 0.3) is 10.9 Å². The molecule has 0 amide bonds. The van der Waals surface area contributed by atoms with Crippen LogP contribution in [0.5, 0.6) is 0 Å². The summed E-state index contributed by atoms with van der Waals surface area (Å²) in [7, 11) is 1.79. The molecule has 3 rings (SSSR count). The van der Waals surface area contributed by atoms with Gasteiger partial charge in [0.15, 0.2) is 0 Å². The molecule has 3 nitrogen and oxygen atoms in total. The zero-order valence-corrected chi connectivity index (χ0v) is 12.4. The molecule has 1 aromatic carbocycles. The van der Waals surface area contributed by atoms with Crippen molar-refractivity contribution in [3.63, 3.8) is 0 Å². The van der Waals surface area contributed by atoms with Crippen molar-refractivity contribution in [2.24, 2.45) is 0 Å². The number of rotatable bonds is 3. The predicted molar refractivity (Wildman–Crippen MR) is 83.5 cm³/mol. The predicted octanol–water partition coefficient (Wildman–Crippen LogP) is 3.59. The molecule has 2 heterocycles. The Balaban J connectivity index is 1.92. The molecule has 0 atom stereocenters. The van der Waals surface area contributed by atoms with E-state index in [0.29, 0.717) is 12.0 Å². The van der Waals surface area contributed by atoms with Crippen molar-refractivity contribution < 1.29 is 4.74 Å². The van der Waals surface area contributed by atoms with E-state index in [9.17, 15) is 0 Å². The van der Waals surface area contributed by atoms with Crippen LogP contribution >= 0.6 is 11.6 Å². The number of piperidine rings is 1. The normalized spacial score (nSPS) is 16.8. The van der Waals surface area contributed by atoms with Crippen LogP contribution < -0.4 is 4.90 Å². The highest BCUT2D eigenvalue weighted by Gasteiger charge is 2.20. The summed E-state index contributed by atoms with van der Waals surface area (Å²) in [6.45, 7) is 1.98. The first-order valence-electron chi connectivity index (χ1n) is 7.04. The van der Waals surface area contributed by atoms with Gasteiger partial charge in [-0.25, -0.2) is 4.98 Å². The average molecular weight is 291 g/mol. The Labute approximate surface area is 124 Å². The lowest BCUT2D eigenvalue weighted by Crippen LogP contribution is -2.37. The van der Waals surface area contributed by atoms with Gasteiger partial charge in [0.1, 0.15) is 5.82 Å². The lowest BCUT2D eigenvalue weighted by atomic mass is 10.1. The molecule has 0 spiro atoms. The molecule has 0 bridgehead atoms. The van der Waals surface area contributed by atoms with Crippen molar-refractivity contribution in [2.75, 3.05) is 25.1 Å². The van der Waals surface area contributed by atoms with Crippen molar-refractivity contribution in [3.8, 4) is 0 Å². The van der Waals surface area contributed by atoms with Gasteiger partial charge in [-0.2, -0.15) is 0 Å². The average Bonchev–Trinajstić information content (AvgIpc) is 2.54. The SMILES string of the molecule is COC1CCN(c2cc(CCl)c3ccccc3n2)CC1. The van der Waals surface area contributed by atoms with E-state index < -0.39 is 0 Å². The Morgan fingerprint density at radius 1 is 1.30 bits per heavy atom. The Morgan fingerprint density at radius 3 is 2.75 bits per heavy atom. The van der Waals surface area contributed by atoms with E-state index in [1.165, 1.54) is 0 Å². The maximum absolute atomic E-state index is 6.10. The summed E-state index contributed by atoms with van der Waals surface area (Å²) in [5, 5.41) is 1.15. The minimum atomic E-state index is 0.388. The quantitative estimate of drug-likeness (QED) is 0.808. The minimum Gasteiger partial charge on any atom is -0.381 e. The highest BCUT2D eigenvalue weighted by Crippen LogP contribution is 2.26. The molecule has 20 heavy (non-hydrogen) atoms. The molecule has 0 aliphatic carbocycles. The number of methoxy groups -OCH3 is 1. The second-order valence-electron chi connectivity index (χ2n) is 5.21. The van der Waals surface area contributed by atoms with Gasteiger partial charge in [0.25, 0.3) is 0 Å². The van der Waals surface area contributed by atoms with Crippen LogP contribution in [0.2, 0.25) is 0 Å². The first-order valence-corrected chi connectivity index (χ1v) is 7.57. The fourth-order valence-corrected chi connectivity index (χ4v) is 3.05. The van der Waals surface area contributed by atoms with Crippen molar-refractivity contribution in [3.05, 3.63) is 35.9 Å². The monoisotopic (exact) mass is 290 g/mol. The zero-order valence-electron chi connectivity index (χ0n) is 11.7. The molecule has 4 heteroatoms. The summed E-state index contributed by atoms with van der Waals surface area (Å²) >= 11 is 6.10. The van der Waals surface area contributed by atoms with E-state index in [1.807, 2.05) is 12.1 Å². The molecule has 1 aromatic heterocycles. The van der Waals surface area contributed by atoms with Gasteiger partial charge < -0.3 is 9.64 Å². The number of ether oxygens (including phenoxy) is 1. The number of fused-ring (bicyclic) bond motifs is 1. The van der Waals surface area contributed by atoms with Crippen molar-refractivity contribution >= 4 is 28.3 Å². The highest BCUT2D eigenvalue weighted by molar-refractivity contribution is 6.18. The van der Waals surface area contributed by atoms with E-state index in [4.69, 9.17) is 21.3 Å². The van der Waals surface area contributed by atoms with E-state index in [1.54, 1.807) is 7.11 Å². The van der Waals surface area contributed by atoms with Crippen molar-refractivity contribution in [1.82, 2.24) is 4.98 Å². The van der Waals surface area contributed by atoms with Crippen LogP contribution in [0, 0.1) is 0 Å². The maximum atomic E-state index is 6.10. The third-order valence-electron chi connectivity index (χ3n) is 4.03. The summed E-state index contributed by atoms with van der Waals surface area (Å²) in [6.07, 6.45) is 2.50. The number of alkyl halides is 1. The lowest BCUT2D eigenvalue weighted by molar-refractivity contribution is 0.0818. The molecule has 0 N–H and O–H groups in total. The van der Waals surface area contributed by atoms with Gasteiger partial charge in [-0.1, -0.05) is 18.2 Å². The number of pyridine rings is 1. The molecule has 1 aliphatic rings. The van der Waals surface area contributed by atoms with Gasteiger partial charge in [-0.05, 0) is 30.5 Å². The van der Waals surface area contributed by atoms with Crippen LogP contribution in [0.15, 0.2) is 30.3 Å². The number of nitrogens with zero attached hydrogens (tertiary/aromatic N) is 2. The van der Waals surface area contributed by atoms with E-state index in [0.717, 1.165) is 48.2 Å². The van der Waals surface area contributed by atoms with Crippen molar-refractivity contribution in [1.29, 1.82) is 0 Å². The molecular weight excluding hydrogens is 272 g/mol. The fourth-order valence-electron chi connectivity index (χ4n) is 2.83. The Kier molecular flexibility index (Phi) is 4.08. The second-order valence-corrected chi connectivity index (χ2v) is 5.48. The molecule has 1 fully saturated rings. The summed E-state index contributed by atoms with van der Waals surface area (Å²) < 4.78 is 5.42. The zero-order chi connectivity index (χ0) is 13.9. The van der Waals surface area contributed by atoms with Gasteiger partial charge in [0, 0.05) is 31.5 Å². The Hall–Kier alpha value is -1.32. The van der Waals surface area contributed by atoms with E-state index in [2.05, 4.69) is 23.1 Å². The number of hydrogen-bond acceptors (Lipinski definition) is 3. The molecule has 106 valence electrons. The largest absolute Gasteiger partial charge is 0.381 e. The van der Waals surface area contributed by atoms with Gasteiger partial charge in [0.05, 0.1) is 11.6 Å². The first kappa shape index (κ1) is 13.7. The topological polar surface area (TPSA) is 25.4 Å². The number of halogens is 1. The molecule has 1 aliphatic heterocycles. The van der Waals surface area contributed by atoms with Gasteiger partial charge in [-0.3, -0.25) is 0 Å².